The van der Waals surface area contributed by atoms with Crippen LogP contribution in [0.2, 0.25) is 0 Å². The van der Waals surface area contributed by atoms with E-state index >= 15 is 0 Å². The molecule has 92 valence electrons. The SMILES string of the molecule is NC(=O)CONCc1cccc([N+](=O)[O-])c1Br. The van der Waals surface area contributed by atoms with Crippen molar-refractivity contribution >= 4 is 27.5 Å². The van der Waals surface area contributed by atoms with Gasteiger partial charge in [0.05, 0.1) is 9.40 Å². The lowest BCUT2D eigenvalue weighted by molar-refractivity contribution is -0.385. The predicted octanol–water partition coefficient (Wildman–Crippen LogP) is 0.864. The van der Waals surface area contributed by atoms with E-state index in [-0.39, 0.29) is 18.8 Å². The van der Waals surface area contributed by atoms with E-state index in [1.54, 1.807) is 12.1 Å². The van der Waals surface area contributed by atoms with Crippen molar-refractivity contribution in [3.63, 3.8) is 0 Å². The molecule has 0 aliphatic rings. The van der Waals surface area contributed by atoms with Crippen LogP contribution in [0.5, 0.6) is 0 Å². The second-order valence-corrected chi connectivity index (χ2v) is 3.88. The van der Waals surface area contributed by atoms with E-state index in [0.717, 1.165) is 0 Å². The van der Waals surface area contributed by atoms with E-state index in [1.807, 2.05) is 0 Å². The van der Waals surface area contributed by atoms with E-state index in [9.17, 15) is 14.9 Å². The largest absolute Gasteiger partial charge is 0.368 e. The average Bonchev–Trinajstić information content (AvgIpc) is 2.25. The average molecular weight is 304 g/mol. The van der Waals surface area contributed by atoms with Crippen molar-refractivity contribution in [1.82, 2.24) is 5.48 Å². The number of nitrogens with zero attached hydrogens (tertiary/aromatic N) is 1. The third-order valence-corrected chi connectivity index (χ3v) is 2.75. The van der Waals surface area contributed by atoms with Crippen LogP contribution in [0.3, 0.4) is 0 Å². The maximum absolute atomic E-state index is 10.7. The zero-order valence-corrected chi connectivity index (χ0v) is 10.3. The zero-order chi connectivity index (χ0) is 12.8. The van der Waals surface area contributed by atoms with Crippen LogP contribution in [0, 0.1) is 10.1 Å². The van der Waals surface area contributed by atoms with Crippen molar-refractivity contribution in [2.24, 2.45) is 5.73 Å². The molecule has 0 radical (unpaired) electrons. The van der Waals surface area contributed by atoms with Gasteiger partial charge in [-0.1, -0.05) is 12.1 Å². The molecule has 0 bridgehead atoms. The fourth-order valence-electron chi connectivity index (χ4n) is 1.09. The minimum Gasteiger partial charge on any atom is -0.368 e. The molecule has 8 heteroatoms. The van der Waals surface area contributed by atoms with E-state index in [4.69, 9.17) is 10.6 Å². The van der Waals surface area contributed by atoms with Crippen LogP contribution >= 0.6 is 15.9 Å². The Morgan fingerprint density at radius 1 is 1.59 bits per heavy atom. The number of carbonyl (C=O) groups is 1. The molecule has 0 saturated heterocycles. The summed E-state index contributed by atoms with van der Waals surface area (Å²) in [5.41, 5.74) is 7.96. The molecule has 0 atom stereocenters. The molecule has 0 heterocycles. The van der Waals surface area contributed by atoms with Crippen LogP contribution in [0.1, 0.15) is 5.56 Å². The van der Waals surface area contributed by atoms with Gasteiger partial charge in [0.1, 0.15) is 6.61 Å². The van der Waals surface area contributed by atoms with E-state index < -0.39 is 10.8 Å². The molecule has 0 saturated carbocycles. The number of carbonyl (C=O) groups excluding carboxylic acids is 1. The molecule has 17 heavy (non-hydrogen) atoms. The number of primary amides is 1. The number of nitrogens with two attached hydrogens (primary N) is 1. The molecule has 1 aromatic carbocycles. The quantitative estimate of drug-likeness (QED) is 0.460. The van der Waals surface area contributed by atoms with Gasteiger partial charge in [-0.3, -0.25) is 19.7 Å². The molecule has 0 aliphatic heterocycles. The third kappa shape index (κ3) is 4.10. The maximum Gasteiger partial charge on any atom is 0.283 e. The Labute approximate surface area is 105 Å². The highest BCUT2D eigenvalue weighted by Gasteiger charge is 2.14. The number of hydrogen-bond acceptors (Lipinski definition) is 5. The van der Waals surface area contributed by atoms with Gasteiger partial charge in [0, 0.05) is 12.6 Å². The number of nitro benzene ring substituents is 1. The second-order valence-electron chi connectivity index (χ2n) is 3.08. The molecule has 1 amide bonds. The van der Waals surface area contributed by atoms with Crippen molar-refractivity contribution in [1.29, 1.82) is 0 Å². The third-order valence-electron chi connectivity index (χ3n) is 1.83. The highest BCUT2D eigenvalue weighted by atomic mass is 79.9. The monoisotopic (exact) mass is 303 g/mol. The Bertz CT molecular complexity index is 438. The first kappa shape index (κ1) is 13.6. The highest BCUT2D eigenvalue weighted by Crippen LogP contribution is 2.27. The smallest absolute Gasteiger partial charge is 0.283 e. The summed E-state index contributed by atoms with van der Waals surface area (Å²) in [7, 11) is 0. The first-order valence-corrected chi connectivity index (χ1v) is 5.36. The van der Waals surface area contributed by atoms with Crippen LogP contribution in [-0.2, 0) is 16.2 Å². The molecule has 0 unspecified atom stereocenters. The summed E-state index contributed by atoms with van der Waals surface area (Å²) in [6.45, 7) is -0.0396. The van der Waals surface area contributed by atoms with Gasteiger partial charge in [0.2, 0.25) is 5.91 Å². The van der Waals surface area contributed by atoms with Crippen molar-refractivity contribution < 1.29 is 14.6 Å². The Kier molecular flexibility index (Phi) is 5.01. The van der Waals surface area contributed by atoms with Gasteiger partial charge >= 0.3 is 0 Å². The van der Waals surface area contributed by atoms with Crippen LogP contribution in [0.25, 0.3) is 0 Å². The highest BCUT2D eigenvalue weighted by molar-refractivity contribution is 9.10. The first-order valence-electron chi connectivity index (χ1n) is 4.57. The van der Waals surface area contributed by atoms with Crippen LogP contribution in [0.15, 0.2) is 22.7 Å². The van der Waals surface area contributed by atoms with Gasteiger partial charge in [-0.15, -0.1) is 0 Å². The van der Waals surface area contributed by atoms with E-state index in [1.165, 1.54) is 6.07 Å². The van der Waals surface area contributed by atoms with E-state index in [2.05, 4.69) is 21.4 Å². The number of halogens is 1. The molecule has 0 spiro atoms. The lowest BCUT2D eigenvalue weighted by Gasteiger charge is -2.06. The summed E-state index contributed by atoms with van der Waals surface area (Å²) in [5.74, 6) is -0.601. The van der Waals surface area contributed by atoms with Crippen LogP contribution in [-0.4, -0.2) is 17.4 Å². The molecule has 1 rings (SSSR count). The van der Waals surface area contributed by atoms with Crippen molar-refractivity contribution in [3.05, 3.63) is 38.3 Å². The zero-order valence-electron chi connectivity index (χ0n) is 8.68. The topological polar surface area (TPSA) is 107 Å². The van der Waals surface area contributed by atoms with Gasteiger partial charge in [-0.25, -0.2) is 0 Å². The predicted molar refractivity (Wildman–Crippen MR) is 62.8 cm³/mol. The summed E-state index contributed by atoms with van der Waals surface area (Å²) < 4.78 is 0.375. The Balaban J connectivity index is 2.62. The molecule has 3 N–H and O–H groups in total. The first-order chi connectivity index (χ1) is 8.02. The fraction of sp³-hybridized carbons (Fsp3) is 0.222. The van der Waals surface area contributed by atoms with Gasteiger partial charge in [-0.2, -0.15) is 5.48 Å². The Hall–Kier alpha value is -1.51. The van der Waals surface area contributed by atoms with Gasteiger partial charge < -0.3 is 5.73 Å². The van der Waals surface area contributed by atoms with Gasteiger partial charge in [0.15, 0.2) is 0 Å². The Morgan fingerprint density at radius 2 is 2.29 bits per heavy atom. The molecular formula is C9H10BrN3O4. The van der Waals surface area contributed by atoms with Crippen molar-refractivity contribution in [3.8, 4) is 0 Å². The molecule has 0 aliphatic carbocycles. The van der Waals surface area contributed by atoms with Crippen molar-refractivity contribution in [2.45, 2.75) is 6.54 Å². The number of hydroxylamine groups is 1. The lowest BCUT2D eigenvalue weighted by atomic mass is 10.2. The van der Waals surface area contributed by atoms with Gasteiger partial charge in [-0.05, 0) is 21.5 Å². The maximum atomic E-state index is 10.7. The Morgan fingerprint density at radius 3 is 2.88 bits per heavy atom. The number of hydrogen-bond donors (Lipinski definition) is 2. The summed E-state index contributed by atoms with van der Waals surface area (Å²) >= 11 is 3.13. The standard InChI is InChI=1S/C9H10BrN3O4/c10-9-6(4-12-17-5-8(11)14)2-1-3-7(9)13(15)16/h1-3,12H,4-5H2,(H2,11,14). The molecule has 0 aromatic heterocycles. The number of amides is 1. The molecule has 0 fully saturated rings. The van der Waals surface area contributed by atoms with Crippen molar-refractivity contribution in [2.75, 3.05) is 6.61 Å². The minimum absolute atomic E-state index is 0.0285. The molecule has 1 aromatic rings. The summed E-state index contributed by atoms with van der Waals surface area (Å²) in [6, 6.07) is 4.64. The second kappa shape index (κ2) is 6.28. The number of nitrogens with one attached hydrogen (secondary N) is 1. The van der Waals surface area contributed by atoms with Crippen LogP contribution in [0.4, 0.5) is 5.69 Å². The lowest BCUT2D eigenvalue weighted by Crippen LogP contribution is -2.24. The van der Waals surface area contributed by atoms with Gasteiger partial charge in [0.25, 0.3) is 5.69 Å². The summed E-state index contributed by atoms with van der Waals surface area (Å²) in [6.07, 6.45) is 0. The molecule has 7 nitrogen and oxygen atoms in total. The fourth-order valence-corrected chi connectivity index (χ4v) is 1.64. The van der Waals surface area contributed by atoms with Crippen LogP contribution < -0.4 is 11.2 Å². The van der Waals surface area contributed by atoms with E-state index in [0.29, 0.717) is 10.0 Å². The summed E-state index contributed by atoms with van der Waals surface area (Å²) in [5, 5.41) is 10.7. The normalized spacial score (nSPS) is 10.2. The number of benzene rings is 1. The minimum atomic E-state index is -0.601. The number of nitro groups is 1. The molecular weight excluding hydrogens is 294 g/mol. The number of rotatable bonds is 6. The summed E-state index contributed by atoms with van der Waals surface area (Å²) in [4.78, 5) is 25.3.